The van der Waals surface area contributed by atoms with E-state index in [9.17, 15) is 9.59 Å². The van der Waals surface area contributed by atoms with Gasteiger partial charge in [0.15, 0.2) is 0 Å². The fraction of sp³-hybridized carbons (Fsp3) is 0.579. The summed E-state index contributed by atoms with van der Waals surface area (Å²) >= 11 is 5.87. The Morgan fingerprint density at radius 1 is 1.04 bits per heavy atom. The van der Waals surface area contributed by atoms with Gasteiger partial charge < -0.3 is 10.2 Å². The van der Waals surface area contributed by atoms with E-state index in [0.717, 1.165) is 57.8 Å². The Hall–Kier alpha value is -1.63. The van der Waals surface area contributed by atoms with Crippen LogP contribution in [0.4, 0.5) is 5.69 Å². The predicted octanol–water partition coefficient (Wildman–Crippen LogP) is 1.91. The van der Waals surface area contributed by atoms with Crippen LogP contribution in [-0.2, 0) is 9.59 Å². The third-order valence-electron chi connectivity index (χ3n) is 5.26. The van der Waals surface area contributed by atoms with Crippen molar-refractivity contribution in [2.75, 3.05) is 51.1 Å². The topological polar surface area (TPSA) is 55.9 Å². The number of hydrogen-bond donors (Lipinski definition) is 1. The second kappa shape index (κ2) is 8.84. The first-order chi connectivity index (χ1) is 12.5. The van der Waals surface area contributed by atoms with Crippen molar-refractivity contribution in [2.24, 2.45) is 0 Å². The van der Waals surface area contributed by atoms with E-state index in [0.29, 0.717) is 11.6 Å². The third kappa shape index (κ3) is 4.96. The first-order valence-electron chi connectivity index (χ1n) is 9.33. The van der Waals surface area contributed by atoms with E-state index in [4.69, 9.17) is 11.6 Å². The van der Waals surface area contributed by atoms with Crippen molar-refractivity contribution < 1.29 is 9.59 Å². The highest BCUT2D eigenvalue weighted by Crippen LogP contribution is 2.15. The zero-order valence-corrected chi connectivity index (χ0v) is 16.0. The molecule has 1 unspecified atom stereocenters. The number of hydrogen-bond acceptors (Lipinski definition) is 4. The molecule has 0 aromatic heterocycles. The van der Waals surface area contributed by atoms with E-state index in [1.807, 2.05) is 11.8 Å². The SMILES string of the molecule is CC(C(=O)Nc1ccc(Cl)cc1)N1CCN(CC(=O)N2CCCC2)CC1. The van der Waals surface area contributed by atoms with Crippen LogP contribution < -0.4 is 5.32 Å². The fourth-order valence-electron chi connectivity index (χ4n) is 3.51. The maximum absolute atomic E-state index is 12.5. The van der Waals surface area contributed by atoms with Crippen molar-refractivity contribution in [2.45, 2.75) is 25.8 Å². The lowest BCUT2D eigenvalue weighted by Gasteiger charge is -2.37. The van der Waals surface area contributed by atoms with Crippen molar-refractivity contribution in [3.8, 4) is 0 Å². The minimum atomic E-state index is -0.206. The normalized spacial score (nSPS) is 20.2. The molecule has 2 fully saturated rings. The predicted molar refractivity (Wildman–Crippen MR) is 103 cm³/mol. The van der Waals surface area contributed by atoms with Gasteiger partial charge in [-0.15, -0.1) is 0 Å². The molecule has 1 aromatic rings. The van der Waals surface area contributed by atoms with Gasteiger partial charge in [-0.3, -0.25) is 19.4 Å². The van der Waals surface area contributed by atoms with Crippen molar-refractivity contribution >= 4 is 29.1 Å². The fourth-order valence-corrected chi connectivity index (χ4v) is 3.64. The summed E-state index contributed by atoms with van der Waals surface area (Å²) in [5.41, 5.74) is 0.751. The monoisotopic (exact) mass is 378 g/mol. The highest BCUT2D eigenvalue weighted by molar-refractivity contribution is 6.30. The second-order valence-corrected chi connectivity index (χ2v) is 7.51. The number of nitrogens with one attached hydrogen (secondary N) is 1. The molecule has 0 spiro atoms. The smallest absolute Gasteiger partial charge is 0.241 e. The number of piperazine rings is 1. The molecule has 1 N–H and O–H groups in total. The molecule has 1 aromatic carbocycles. The number of anilines is 1. The van der Waals surface area contributed by atoms with Gasteiger partial charge in [0.25, 0.3) is 0 Å². The van der Waals surface area contributed by atoms with Crippen LogP contribution in [0.2, 0.25) is 5.02 Å². The molecule has 2 amide bonds. The van der Waals surface area contributed by atoms with Crippen LogP contribution >= 0.6 is 11.6 Å². The highest BCUT2D eigenvalue weighted by atomic mass is 35.5. The molecule has 3 rings (SSSR count). The van der Waals surface area contributed by atoms with Gasteiger partial charge in [0.1, 0.15) is 0 Å². The largest absolute Gasteiger partial charge is 0.342 e. The van der Waals surface area contributed by atoms with E-state index in [1.54, 1.807) is 24.3 Å². The summed E-state index contributed by atoms with van der Waals surface area (Å²) in [5, 5.41) is 3.58. The van der Waals surface area contributed by atoms with Gasteiger partial charge >= 0.3 is 0 Å². The second-order valence-electron chi connectivity index (χ2n) is 7.07. The van der Waals surface area contributed by atoms with Gasteiger partial charge in [-0.05, 0) is 44.0 Å². The van der Waals surface area contributed by atoms with Gasteiger partial charge in [-0.25, -0.2) is 0 Å². The van der Waals surface area contributed by atoms with Crippen molar-refractivity contribution in [1.29, 1.82) is 0 Å². The average molecular weight is 379 g/mol. The molecule has 1 atom stereocenters. The molecule has 2 heterocycles. The van der Waals surface area contributed by atoms with E-state index < -0.39 is 0 Å². The van der Waals surface area contributed by atoms with Gasteiger partial charge in [-0.1, -0.05) is 11.6 Å². The molecule has 0 radical (unpaired) electrons. The van der Waals surface area contributed by atoms with E-state index in [2.05, 4.69) is 15.1 Å². The Balaban J connectivity index is 1.43. The lowest BCUT2D eigenvalue weighted by molar-refractivity contribution is -0.132. The highest BCUT2D eigenvalue weighted by Gasteiger charge is 2.27. The first-order valence-corrected chi connectivity index (χ1v) is 9.71. The lowest BCUT2D eigenvalue weighted by Crippen LogP contribution is -2.54. The number of nitrogens with zero attached hydrogens (tertiary/aromatic N) is 3. The van der Waals surface area contributed by atoms with Crippen LogP contribution in [0.3, 0.4) is 0 Å². The van der Waals surface area contributed by atoms with Crippen molar-refractivity contribution in [3.05, 3.63) is 29.3 Å². The number of carbonyl (C=O) groups excluding carboxylic acids is 2. The molecule has 7 heteroatoms. The summed E-state index contributed by atoms with van der Waals surface area (Å²) < 4.78 is 0. The van der Waals surface area contributed by atoms with Crippen LogP contribution in [-0.4, -0.2) is 78.4 Å². The van der Waals surface area contributed by atoms with Crippen LogP contribution in [0.25, 0.3) is 0 Å². The van der Waals surface area contributed by atoms with E-state index in [1.165, 1.54) is 0 Å². The standard InChI is InChI=1S/C19H27ClN4O2/c1-15(19(26)21-17-6-4-16(20)5-7-17)23-12-10-22(11-13-23)14-18(25)24-8-2-3-9-24/h4-7,15H,2-3,8-14H2,1H3,(H,21,26). The lowest BCUT2D eigenvalue weighted by atomic mass is 10.2. The Kier molecular flexibility index (Phi) is 6.51. The van der Waals surface area contributed by atoms with Crippen LogP contribution in [0.5, 0.6) is 0 Å². The van der Waals surface area contributed by atoms with Gasteiger partial charge in [-0.2, -0.15) is 0 Å². The molecule has 6 nitrogen and oxygen atoms in total. The van der Waals surface area contributed by atoms with Crippen LogP contribution in [0.1, 0.15) is 19.8 Å². The van der Waals surface area contributed by atoms with Crippen LogP contribution in [0.15, 0.2) is 24.3 Å². The Labute approximate surface area is 160 Å². The molecule has 2 aliphatic rings. The Morgan fingerprint density at radius 3 is 2.27 bits per heavy atom. The molecule has 2 aliphatic heterocycles. The molecule has 142 valence electrons. The minimum absolute atomic E-state index is 0.0195. The van der Waals surface area contributed by atoms with Crippen molar-refractivity contribution in [1.82, 2.24) is 14.7 Å². The Morgan fingerprint density at radius 2 is 1.65 bits per heavy atom. The van der Waals surface area contributed by atoms with Crippen molar-refractivity contribution in [3.63, 3.8) is 0 Å². The van der Waals surface area contributed by atoms with E-state index >= 15 is 0 Å². The molecule has 2 saturated heterocycles. The summed E-state index contributed by atoms with van der Waals surface area (Å²) in [6.45, 7) is 7.46. The number of benzene rings is 1. The summed E-state index contributed by atoms with van der Waals surface area (Å²) in [6.07, 6.45) is 2.25. The Bertz CT molecular complexity index is 623. The number of rotatable bonds is 5. The number of halogens is 1. The molecule has 0 saturated carbocycles. The van der Waals surface area contributed by atoms with Crippen LogP contribution in [0, 0.1) is 0 Å². The zero-order valence-electron chi connectivity index (χ0n) is 15.3. The van der Waals surface area contributed by atoms with Gasteiger partial charge in [0.05, 0.1) is 12.6 Å². The van der Waals surface area contributed by atoms with Gasteiger partial charge in [0.2, 0.25) is 11.8 Å². The van der Waals surface area contributed by atoms with E-state index in [-0.39, 0.29) is 17.9 Å². The number of carbonyl (C=O) groups is 2. The first kappa shape index (κ1) is 19.1. The quantitative estimate of drug-likeness (QED) is 0.850. The summed E-state index contributed by atoms with van der Waals surface area (Å²) in [5.74, 6) is 0.221. The molecule has 0 aliphatic carbocycles. The maximum Gasteiger partial charge on any atom is 0.241 e. The minimum Gasteiger partial charge on any atom is -0.342 e. The zero-order chi connectivity index (χ0) is 18.5. The maximum atomic E-state index is 12.5. The average Bonchev–Trinajstić information content (AvgIpc) is 3.18. The summed E-state index contributed by atoms with van der Waals surface area (Å²) in [4.78, 5) is 31.1. The van der Waals surface area contributed by atoms with Gasteiger partial charge in [0, 0.05) is 50.0 Å². The molecule has 26 heavy (non-hydrogen) atoms. The number of likely N-dealkylation sites (tertiary alicyclic amines) is 1. The summed E-state index contributed by atoms with van der Waals surface area (Å²) in [6, 6.07) is 6.92. The molecular formula is C19H27ClN4O2. The summed E-state index contributed by atoms with van der Waals surface area (Å²) in [7, 11) is 0. The third-order valence-corrected chi connectivity index (χ3v) is 5.52. The molecular weight excluding hydrogens is 352 g/mol. The number of amides is 2. The molecule has 0 bridgehead atoms.